The summed E-state index contributed by atoms with van der Waals surface area (Å²) in [6.07, 6.45) is 0.120. The average molecular weight is 416 g/mol. The summed E-state index contributed by atoms with van der Waals surface area (Å²) in [6, 6.07) is 14.7. The van der Waals surface area contributed by atoms with Crippen molar-refractivity contribution in [2.24, 2.45) is 5.92 Å². The predicted molar refractivity (Wildman–Crippen MR) is 108 cm³/mol. The van der Waals surface area contributed by atoms with Gasteiger partial charge in [0.1, 0.15) is 5.75 Å². The highest BCUT2D eigenvalue weighted by Crippen LogP contribution is 2.21. The quantitative estimate of drug-likeness (QED) is 0.708. The summed E-state index contributed by atoms with van der Waals surface area (Å²) in [5.74, 6) is -0.986. The average Bonchev–Trinajstić information content (AvgIpc) is 3.08. The first-order valence-electron chi connectivity index (χ1n) is 9.21. The molecule has 3 rings (SSSR count). The van der Waals surface area contributed by atoms with Gasteiger partial charge in [0.15, 0.2) is 6.61 Å². The Bertz CT molecular complexity index is 904. The molecule has 2 aromatic rings. The summed E-state index contributed by atoms with van der Waals surface area (Å²) in [6.45, 7) is 2.35. The molecule has 0 radical (unpaired) electrons. The van der Waals surface area contributed by atoms with Crippen LogP contribution in [0.25, 0.3) is 0 Å². The smallest absolute Gasteiger partial charge is 0.276 e. The van der Waals surface area contributed by atoms with Crippen molar-refractivity contribution in [1.82, 2.24) is 15.8 Å². The van der Waals surface area contributed by atoms with Crippen LogP contribution in [-0.4, -0.2) is 35.8 Å². The zero-order valence-corrected chi connectivity index (χ0v) is 16.7. The number of hydrazine groups is 1. The van der Waals surface area contributed by atoms with Gasteiger partial charge in [-0.3, -0.25) is 25.2 Å². The molecule has 1 aliphatic heterocycles. The number of nitrogens with zero attached hydrogens (tertiary/aromatic N) is 1. The van der Waals surface area contributed by atoms with Crippen molar-refractivity contribution < 1.29 is 19.1 Å². The zero-order valence-electron chi connectivity index (χ0n) is 16.0. The minimum atomic E-state index is -0.508. The maximum Gasteiger partial charge on any atom is 0.276 e. The number of amides is 3. The summed E-state index contributed by atoms with van der Waals surface area (Å²) in [7, 11) is 0. The highest BCUT2D eigenvalue weighted by atomic mass is 35.5. The number of nitrogens with one attached hydrogen (secondary N) is 2. The normalized spacial score (nSPS) is 15.9. The second-order valence-corrected chi connectivity index (χ2v) is 7.31. The Balaban J connectivity index is 1.42. The van der Waals surface area contributed by atoms with E-state index in [-0.39, 0.29) is 18.9 Å². The Kier molecular flexibility index (Phi) is 6.72. The van der Waals surface area contributed by atoms with Gasteiger partial charge in [-0.1, -0.05) is 41.9 Å². The molecule has 0 bridgehead atoms. The van der Waals surface area contributed by atoms with Crippen molar-refractivity contribution in [1.29, 1.82) is 0 Å². The van der Waals surface area contributed by atoms with Crippen LogP contribution in [0.1, 0.15) is 17.5 Å². The zero-order chi connectivity index (χ0) is 20.8. The fourth-order valence-corrected chi connectivity index (χ4v) is 3.15. The predicted octanol–water partition coefficient (Wildman–Crippen LogP) is 2.22. The van der Waals surface area contributed by atoms with E-state index < -0.39 is 17.7 Å². The van der Waals surface area contributed by atoms with E-state index >= 15 is 0 Å². The molecule has 0 spiro atoms. The first-order chi connectivity index (χ1) is 13.9. The molecule has 1 atom stereocenters. The van der Waals surface area contributed by atoms with Crippen LogP contribution in [-0.2, 0) is 20.9 Å². The van der Waals surface area contributed by atoms with Gasteiger partial charge in [-0.25, -0.2) is 0 Å². The lowest BCUT2D eigenvalue weighted by Gasteiger charge is -2.16. The molecular weight excluding hydrogens is 394 g/mol. The fraction of sp³-hybridized carbons (Fsp3) is 0.286. The Morgan fingerprint density at radius 3 is 2.66 bits per heavy atom. The van der Waals surface area contributed by atoms with Crippen LogP contribution in [0.2, 0.25) is 5.02 Å². The second kappa shape index (κ2) is 9.43. The van der Waals surface area contributed by atoms with E-state index in [9.17, 15) is 14.4 Å². The number of halogens is 1. The first-order valence-corrected chi connectivity index (χ1v) is 9.59. The van der Waals surface area contributed by atoms with Crippen LogP contribution in [0.15, 0.2) is 48.5 Å². The monoisotopic (exact) mass is 415 g/mol. The largest absolute Gasteiger partial charge is 0.484 e. The SMILES string of the molecule is Cc1cc(OCC(=O)NNC(=O)C2CC(=O)N(Cc3ccccc3)C2)ccc1Cl. The molecule has 0 aromatic heterocycles. The van der Waals surface area contributed by atoms with Gasteiger partial charge in [0.2, 0.25) is 11.8 Å². The van der Waals surface area contributed by atoms with E-state index in [1.165, 1.54) is 0 Å². The summed E-state index contributed by atoms with van der Waals surface area (Å²) in [5, 5.41) is 0.612. The highest BCUT2D eigenvalue weighted by Gasteiger charge is 2.34. The molecule has 8 heteroatoms. The van der Waals surface area contributed by atoms with E-state index in [0.717, 1.165) is 11.1 Å². The van der Waals surface area contributed by atoms with E-state index in [2.05, 4.69) is 10.9 Å². The van der Waals surface area contributed by atoms with Crippen molar-refractivity contribution in [3.63, 3.8) is 0 Å². The standard InChI is InChI=1S/C21H22ClN3O4/c1-14-9-17(7-8-18(14)22)29-13-19(26)23-24-21(28)16-10-20(27)25(12-16)11-15-5-3-2-4-6-15/h2-9,16H,10-13H2,1H3,(H,23,26)(H,24,28). The maximum atomic E-state index is 12.3. The number of benzene rings is 2. The lowest BCUT2D eigenvalue weighted by atomic mass is 10.1. The minimum Gasteiger partial charge on any atom is -0.484 e. The van der Waals surface area contributed by atoms with E-state index in [0.29, 0.717) is 23.9 Å². The lowest BCUT2D eigenvalue weighted by molar-refractivity contribution is -0.132. The molecule has 2 aromatic carbocycles. The van der Waals surface area contributed by atoms with E-state index in [4.69, 9.17) is 16.3 Å². The first kappa shape index (κ1) is 20.7. The minimum absolute atomic E-state index is 0.0817. The topological polar surface area (TPSA) is 87.7 Å². The van der Waals surface area contributed by atoms with Crippen LogP contribution < -0.4 is 15.6 Å². The van der Waals surface area contributed by atoms with Crippen LogP contribution in [0, 0.1) is 12.8 Å². The van der Waals surface area contributed by atoms with Crippen LogP contribution >= 0.6 is 11.6 Å². The summed E-state index contributed by atoms with van der Waals surface area (Å²) >= 11 is 5.95. The maximum absolute atomic E-state index is 12.3. The van der Waals surface area contributed by atoms with Gasteiger partial charge in [-0.2, -0.15) is 0 Å². The van der Waals surface area contributed by atoms with E-state index in [1.807, 2.05) is 37.3 Å². The van der Waals surface area contributed by atoms with Crippen molar-refractivity contribution >= 4 is 29.3 Å². The third kappa shape index (κ3) is 5.71. The van der Waals surface area contributed by atoms with Gasteiger partial charge in [0, 0.05) is 24.5 Å². The van der Waals surface area contributed by atoms with Crippen LogP contribution in [0.4, 0.5) is 0 Å². The molecule has 2 N–H and O–H groups in total. The Morgan fingerprint density at radius 1 is 1.17 bits per heavy atom. The van der Waals surface area contributed by atoms with Gasteiger partial charge in [-0.15, -0.1) is 0 Å². The molecule has 7 nitrogen and oxygen atoms in total. The molecule has 152 valence electrons. The van der Waals surface area contributed by atoms with Gasteiger partial charge >= 0.3 is 0 Å². The molecule has 29 heavy (non-hydrogen) atoms. The molecule has 1 saturated heterocycles. The number of hydrogen-bond acceptors (Lipinski definition) is 4. The van der Waals surface area contributed by atoms with Gasteiger partial charge in [-0.05, 0) is 36.2 Å². The highest BCUT2D eigenvalue weighted by molar-refractivity contribution is 6.31. The molecular formula is C21H22ClN3O4. The number of carbonyl (C=O) groups is 3. The second-order valence-electron chi connectivity index (χ2n) is 6.90. The number of carbonyl (C=O) groups excluding carboxylic acids is 3. The molecule has 1 unspecified atom stereocenters. The number of ether oxygens (including phenoxy) is 1. The Hall–Kier alpha value is -3.06. The number of rotatable bonds is 6. The van der Waals surface area contributed by atoms with E-state index in [1.54, 1.807) is 23.1 Å². The van der Waals surface area contributed by atoms with Crippen molar-refractivity contribution in [3.8, 4) is 5.75 Å². The molecule has 1 fully saturated rings. The fourth-order valence-electron chi connectivity index (χ4n) is 3.03. The third-order valence-corrected chi connectivity index (χ3v) is 5.05. The van der Waals surface area contributed by atoms with Crippen molar-refractivity contribution in [3.05, 3.63) is 64.7 Å². The van der Waals surface area contributed by atoms with Crippen molar-refractivity contribution in [2.75, 3.05) is 13.2 Å². The van der Waals surface area contributed by atoms with Crippen molar-refractivity contribution in [2.45, 2.75) is 19.9 Å². The summed E-state index contributed by atoms with van der Waals surface area (Å²) in [5.41, 5.74) is 6.52. The van der Waals surface area contributed by atoms with Gasteiger partial charge in [0.25, 0.3) is 5.91 Å². The molecule has 1 aliphatic rings. The molecule has 0 aliphatic carbocycles. The summed E-state index contributed by atoms with van der Waals surface area (Å²) < 4.78 is 5.38. The lowest BCUT2D eigenvalue weighted by Crippen LogP contribution is -2.46. The van der Waals surface area contributed by atoms with Gasteiger partial charge < -0.3 is 9.64 Å². The number of likely N-dealkylation sites (tertiary alicyclic amines) is 1. The summed E-state index contributed by atoms with van der Waals surface area (Å²) in [4.78, 5) is 38.0. The van der Waals surface area contributed by atoms with Crippen LogP contribution in [0.3, 0.4) is 0 Å². The third-order valence-electron chi connectivity index (χ3n) is 4.63. The molecule has 0 saturated carbocycles. The Morgan fingerprint density at radius 2 is 1.93 bits per heavy atom. The number of aryl methyl sites for hydroxylation is 1. The Labute approximate surface area is 173 Å². The number of hydrogen-bond donors (Lipinski definition) is 2. The molecule has 1 heterocycles. The molecule has 3 amide bonds. The van der Waals surface area contributed by atoms with Gasteiger partial charge in [0.05, 0.1) is 5.92 Å². The van der Waals surface area contributed by atoms with Crippen LogP contribution in [0.5, 0.6) is 5.75 Å².